The summed E-state index contributed by atoms with van der Waals surface area (Å²) in [5, 5.41) is 0. The summed E-state index contributed by atoms with van der Waals surface area (Å²) in [6.07, 6.45) is 2.99. The molecule has 0 aromatic heterocycles. The molecule has 0 fully saturated rings. The number of benzene rings is 2. The van der Waals surface area contributed by atoms with Gasteiger partial charge in [0.2, 0.25) is 0 Å². The van der Waals surface area contributed by atoms with Gasteiger partial charge in [0.05, 0.1) is 0 Å². The normalized spacial score (nSPS) is 12.5. The van der Waals surface area contributed by atoms with Crippen molar-refractivity contribution in [1.82, 2.24) is 0 Å². The number of rotatable bonds is 6. The Morgan fingerprint density at radius 2 is 1.90 bits per heavy atom. The van der Waals surface area contributed by atoms with Gasteiger partial charge in [-0.2, -0.15) is 0 Å². The van der Waals surface area contributed by atoms with Gasteiger partial charge >= 0.3 is 0 Å². The van der Waals surface area contributed by atoms with Crippen LogP contribution < -0.4 is 4.74 Å². The highest BCUT2D eigenvalue weighted by Crippen LogP contribution is 2.14. The zero-order valence-corrected chi connectivity index (χ0v) is 13.0. The smallest absolute Gasteiger partial charge is 0.119 e. The molecule has 0 spiro atoms. The van der Waals surface area contributed by atoms with Gasteiger partial charge in [0.15, 0.2) is 0 Å². The molecule has 0 saturated carbocycles. The standard InChI is InChI=1S/C19H23NO/c1-4-16(3)20-13-17-8-10-19(11-9-17)21-14-18-7-5-6-15(2)12-18/h5-13,16H,4,14H2,1-3H3/b20-13+. The third-order valence-electron chi connectivity index (χ3n) is 3.44. The number of ether oxygens (including phenoxy) is 1. The second kappa shape index (κ2) is 7.63. The van der Waals surface area contributed by atoms with E-state index >= 15 is 0 Å². The summed E-state index contributed by atoms with van der Waals surface area (Å²) in [4.78, 5) is 4.48. The van der Waals surface area contributed by atoms with E-state index in [1.54, 1.807) is 0 Å². The first-order valence-corrected chi connectivity index (χ1v) is 7.49. The minimum absolute atomic E-state index is 0.377. The van der Waals surface area contributed by atoms with Crippen molar-refractivity contribution in [2.45, 2.75) is 39.8 Å². The fraction of sp³-hybridized carbons (Fsp3) is 0.316. The van der Waals surface area contributed by atoms with Gasteiger partial charge in [0, 0.05) is 12.3 Å². The van der Waals surface area contributed by atoms with E-state index < -0.39 is 0 Å². The Morgan fingerprint density at radius 3 is 2.57 bits per heavy atom. The van der Waals surface area contributed by atoms with Gasteiger partial charge in [0.1, 0.15) is 12.4 Å². The Bertz CT molecular complexity index is 587. The number of hydrogen-bond acceptors (Lipinski definition) is 2. The van der Waals surface area contributed by atoms with Crippen LogP contribution in [0.15, 0.2) is 53.5 Å². The first kappa shape index (κ1) is 15.3. The van der Waals surface area contributed by atoms with Crippen LogP contribution in [0.4, 0.5) is 0 Å². The molecule has 0 aliphatic carbocycles. The minimum atomic E-state index is 0.377. The Balaban J connectivity index is 1.92. The van der Waals surface area contributed by atoms with Crippen molar-refractivity contribution in [3.63, 3.8) is 0 Å². The molecule has 2 aromatic carbocycles. The molecule has 1 atom stereocenters. The van der Waals surface area contributed by atoms with Crippen LogP contribution in [0.3, 0.4) is 0 Å². The van der Waals surface area contributed by atoms with Crippen molar-refractivity contribution >= 4 is 6.21 Å². The van der Waals surface area contributed by atoms with Crippen molar-refractivity contribution in [2.75, 3.05) is 0 Å². The van der Waals surface area contributed by atoms with E-state index in [-0.39, 0.29) is 0 Å². The van der Waals surface area contributed by atoms with Gasteiger partial charge in [-0.1, -0.05) is 36.8 Å². The van der Waals surface area contributed by atoms with Crippen molar-refractivity contribution in [3.8, 4) is 5.75 Å². The summed E-state index contributed by atoms with van der Waals surface area (Å²) < 4.78 is 5.80. The van der Waals surface area contributed by atoms with Crippen molar-refractivity contribution < 1.29 is 4.74 Å². The molecule has 0 bridgehead atoms. The SMILES string of the molecule is CCC(C)/N=C/c1ccc(OCc2cccc(C)c2)cc1. The van der Waals surface area contributed by atoms with Crippen molar-refractivity contribution in [1.29, 1.82) is 0 Å². The third kappa shape index (κ3) is 5.07. The molecule has 0 heterocycles. The van der Waals surface area contributed by atoms with Crippen LogP contribution >= 0.6 is 0 Å². The lowest BCUT2D eigenvalue weighted by Gasteiger charge is -2.07. The molecule has 0 aliphatic heterocycles. The maximum Gasteiger partial charge on any atom is 0.119 e. The number of aryl methyl sites for hydroxylation is 1. The van der Waals surface area contributed by atoms with Crippen molar-refractivity contribution in [3.05, 3.63) is 65.2 Å². The Morgan fingerprint density at radius 1 is 1.14 bits per heavy atom. The molecule has 2 rings (SSSR count). The van der Waals surface area contributed by atoms with E-state index in [9.17, 15) is 0 Å². The van der Waals surface area contributed by atoms with Gasteiger partial charge in [-0.05, 0) is 55.7 Å². The molecule has 0 amide bonds. The molecule has 110 valence electrons. The van der Waals surface area contributed by atoms with Crippen LogP contribution in [0, 0.1) is 6.92 Å². The highest BCUT2D eigenvalue weighted by molar-refractivity contribution is 5.79. The first-order chi connectivity index (χ1) is 10.2. The van der Waals surface area contributed by atoms with Gasteiger partial charge in [0.25, 0.3) is 0 Å². The average Bonchev–Trinajstić information content (AvgIpc) is 2.51. The van der Waals surface area contributed by atoms with E-state index in [0.29, 0.717) is 12.6 Å². The monoisotopic (exact) mass is 281 g/mol. The lowest BCUT2D eigenvalue weighted by atomic mass is 10.1. The molecule has 2 nitrogen and oxygen atoms in total. The molecule has 0 radical (unpaired) electrons. The second-order valence-corrected chi connectivity index (χ2v) is 5.38. The zero-order chi connectivity index (χ0) is 15.1. The van der Waals surface area contributed by atoms with E-state index in [1.807, 2.05) is 30.5 Å². The molecule has 1 unspecified atom stereocenters. The number of aliphatic imine (C=N–C) groups is 1. The predicted octanol–water partition coefficient (Wildman–Crippen LogP) is 4.79. The maximum atomic E-state index is 5.80. The van der Waals surface area contributed by atoms with Crippen LogP contribution in [0.1, 0.15) is 37.0 Å². The van der Waals surface area contributed by atoms with Gasteiger partial charge in [-0.15, -0.1) is 0 Å². The molecular weight excluding hydrogens is 258 g/mol. The maximum absolute atomic E-state index is 5.80. The summed E-state index contributed by atoms with van der Waals surface area (Å²) in [5.74, 6) is 0.886. The summed E-state index contributed by atoms with van der Waals surface area (Å²) in [7, 11) is 0. The fourth-order valence-corrected chi connectivity index (χ4v) is 1.94. The summed E-state index contributed by atoms with van der Waals surface area (Å²) in [6, 6.07) is 16.8. The highest BCUT2D eigenvalue weighted by Gasteiger charge is 1.97. The zero-order valence-electron chi connectivity index (χ0n) is 13.0. The summed E-state index contributed by atoms with van der Waals surface area (Å²) in [5.41, 5.74) is 3.56. The molecule has 0 aliphatic rings. The Hall–Kier alpha value is -2.09. The summed E-state index contributed by atoms with van der Waals surface area (Å²) >= 11 is 0. The molecule has 0 saturated heterocycles. The van der Waals surface area contributed by atoms with E-state index in [1.165, 1.54) is 11.1 Å². The number of hydrogen-bond donors (Lipinski definition) is 0. The lowest BCUT2D eigenvalue weighted by molar-refractivity contribution is 0.306. The Kier molecular flexibility index (Phi) is 5.56. The topological polar surface area (TPSA) is 21.6 Å². The van der Waals surface area contributed by atoms with Crippen molar-refractivity contribution in [2.24, 2.45) is 4.99 Å². The summed E-state index contributed by atoms with van der Waals surface area (Å²) in [6.45, 7) is 6.96. The van der Waals surface area contributed by atoms with Gasteiger partial charge in [-0.25, -0.2) is 0 Å². The second-order valence-electron chi connectivity index (χ2n) is 5.38. The van der Waals surface area contributed by atoms with E-state index in [4.69, 9.17) is 4.74 Å². The van der Waals surface area contributed by atoms with Crippen LogP contribution in [0.5, 0.6) is 5.75 Å². The largest absolute Gasteiger partial charge is 0.489 e. The van der Waals surface area contributed by atoms with Gasteiger partial charge in [-0.3, -0.25) is 4.99 Å². The first-order valence-electron chi connectivity index (χ1n) is 7.49. The van der Waals surface area contributed by atoms with Crippen LogP contribution in [-0.4, -0.2) is 12.3 Å². The highest BCUT2D eigenvalue weighted by atomic mass is 16.5. The quantitative estimate of drug-likeness (QED) is 0.697. The van der Waals surface area contributed by atoms with Crippen LogP contribution in [-0.2, 0) is 6.61 Å². The number of nitrogens with zero attached hydrogens (tertiary/aromatic N) is 1. The predicted molar refractivity (Wildman–Crippen MR) is 89.3 cm³/mol. The minimum Gasteiger partial charge on any atom is -0.489 e. The third-order valence-corrected chi connectivity index (χ3v) is 3.44. The lowest BCUT2D eigenvalue weighted by Crippen LogP contribution is -1.97. The molecular formula is C19H23NO. The van der Waals surface area contributed by atoms with E-state index in [0.717, 1.165) is 17.7 Å². The van der Waals surface area contributed by atoms with Gasteiger partial charge < -0.3 is 4.74 Å². The molecule has 0 N–H and O–H groups in total. The van der Waals surface area contributed by atoms with E-state index in [2.05, 4.69) is 50.0 Å². The molecule has 2 heteroatoms. The average molecular weight is 281 g/mol. The molecule has 2 aromatic rings. The Labute approximate surface area is 127 Å². The van der Waals surface area contributed by atoms with Crippen LogP contribution in [0.25, 0.3) is 0 Å². The fourth-order valence-electron chi connectivity index (χ4n) is 1.94. The van der Waals surface area contributed by atoms with Crippen LogP contribution in [0.2, 0.25) is 0 Å². The molecule has 21 heavy (non-hydrogen) atoms.